The average molecular weight is 256 g/mol. The van der Waals surface area contributed by atoms with Crippen LogP contribution in [0, 0.1) is 0 Å². The summed E-state index contributed by atoms with van der Waals surface area (Å²) in [5.74, 6) is -0.178. The molecule has 1 aliphatic heterocycles. The Morgan fingerprint density at radius 3 is 2.61 bits per heavy atom. The monoisotopic (exact) mass is 256 g/mol. The highest BCUT2D eigenvalue weighted by atomic mass is 19.1. The molecule has 0 aromatic heterocycles. The van der Waals surface area contributed by atoms with Crippen LogP contribution in [-0.4, -0.2) is 41.5 Å². The minimum Gasteiger partial charge on any atom is -0.342 e. The third-order valence-electron chi connectivity index (χ3n) is 4.12. The van der Waals surface area contributed by atoms with E-state index in [1.165, 1.54) is 4.90 Å². The van der Waals surface area contributed by atoms with Crippen molar-refractivity contribution in [2.24, 2.45) is 0 Å². The molecule has 5 heteroatoms. The Morgan fingerprint density at radius 2 is 2.06 bits per heavy atom. The smallest absolute Gasteiger partial charge is 0.246 e. The van der Waals surface area contributed by atoms with Gasteiger partial charge < -0.3 is 10.2 Å². The third-order valence-corrected chi connectivity index (χ3v) is 4.12. The molecule has 2 fully saturated rings. The van der Waals surface area contributed by atoms with E-state index in [9.17, 15) is 14.0 Å². The van der Waals surface area contributed by atoms with Crippen LogP contribution in [0.1, 0.15) is 45.4 Å². The number of carbonyl (C=O) groups is 2. The number of hydrogen-bond donors (Lipinski definition) is 1. The second-order valence-electron chi connectivity index (χ2n) is 5.23. The molecule has 2 rings (SSSR count). The molecule has 1 N–H and O–H groups in total. The zero-order valence-electron chi connectivity index (χ0n) is 10.9. The van der Waals surface area contributed by atoms with Gasteiger partial charge in [-0.25, -0.2) is 4.39 Å². The van der Waals surface area contributed by atoms with Crippen molar-refractivity contribution in [3.8, 4) is 0 Å². The molecule has 0 radical (unpaired) electrons. The van der Waals surface area contributed by atoms with Crippen LogP contribution < -0.4 is 5.32 Å². The molecule has 0 bridgehead atoms. The van der Waals surface area contributed by atoms with Crippen LogP contribution in [0.5, 0.6) is 0 Å². The SMILES string of the molecule is CCCC1NC(=O)C2(CCCC2)N(CCF)C1=O. The summed E-state index contributed by atoms with van der Waals surface area (Å²) in [5.41, 5.74) is -0.757. The van der Waals surface area contributed by atoms with Crippen molar-refractivity contribution in [2.75, 3.05) is 13.2 Å². The number of nitrogens with zero attached hydrogens (tertiary/aromatic N) is 1. The molecule has 4 nitrogen and oxygen atoms in total. The zero-order valence-corrected chi connectivity index (χ0v) is 10.9. The molecular weight excluding hydrogens is 235 g/mol. The van der Waals surface area contributed by atoms with Gasteiger partial charge >= 0.3 is 0 Å². The number of rotatable bonds is 4. The minimum absolute atomic E-state index is 0.0481. The number of halogens is 1. The molecule has 18 heavy (non-hydrogen) atoms. The molecule has 1 unspecified atom stereocenters. The maximum atomic E-state index is 12.7. The highest BCUT2D eigenvalue weighted by Crippen LogP contribution is 2.38. The van der Waals surface area contributed by atoms with E-state index in [1.807, 2.05) is 6.92 Å². The summed E-state index contributed by atoms with van der Waals surface area (Å²) >= 11 is 0. The van der Waals surface area contributed by atoms with E-state index in [-0.39, 0.29) is 18.4 Å². The van der Waals surface area contributed by atoms with Gasteiger partial charge in [0.05, 0.1) is 6.54 Å². The molecule has 1 saturated heterocycles. The first-order valence-corrected chi connectivity index (χ1v) is 6.84. The van der Waals surface area contributed by atoms with Crippen LogP contribution in [0.15, 0.2) is 0 Å². The normalized spacial score (nSPS) is 26.8. The number of hydrogen-bond acceptors (Lipinski definition) is 2. The standard InChI is InChI=1S/C13H21FN2O2/c1-2-5-10-11(17)16(9-8-14)13(12(18)15-10)6-3-4-7-13/h10H,2-9H2,1H3,(H,15,18). The van der Waals surface area contributed by atoms with Crippen molar-refractivity contribution in [3.05, 3.63) is 0 Å². The predicted octanol–water partition coefficient (Wildman–Crippen LogP) is 1.40. The summed E-state index contributed by atoms with van der Waals surface area (Å²) in [7, 11) is 0. The highest BCUT2D eigenvalue weighted by Gasteiger charge is 2.53. The van der Waals surface area contributed by atoms with Gasteiger partial charge in [-0.2, -0.15) is 0 Å². The predicted molar refractivity (Wildman–Crippen MR) is 65.7 cm³/mol. The largest absolute Gasteiger partial charge is 0.342 e. The number of piperazine rings is 1. The van der Waals surface area contributed by atoms with Crippen LogP contribution in [0.4, 0.5) is 4.39 Å². The zero-order chi connectivity index (χ0) is 13.2. The fraction of sp³-hybridized carbons (Fsp3) is 0.846. The topological polar surface area (TPSA) is 49.4 Å². The number of amides is 2. The van der Waals surface area contributed by atoms with Gasteiger partial charge in [0.1, 0.15) is 18.3 Å². The lowest BCUT2D eigenvalue weighted by Crippen LogP contribution is -2.70. The van der Waals surface area contributed by atoms with Gasteiger partial charge in [0.25, 0.3) is 0 Å². The maximum Gasteiger partial charge on any atom is 0.246 e. The molecule has 0 aromatic carbocycles. The lowest BCUT2D eigenvalue weighted by Gasteiger charge is -2.46. The summed E-state index contributed by atoms with van der Waals surface area (Å²) in [6, 6.07) is -0.458. The van der Waals surface area contributed by atoms with Gasteiger partial charge in [0.2, 0.25) is 11.8 Å². The molecule has 102 valence electrons. The Morgan fingerprint density at radius 1 is 1.39 bits per heavy atom. The van der Waals surface area contributed by atoms with E-state index < -0.39 is 18.3 Å². The van der Waals surface area contributed by atoms with Gasteiger partial charge in [-0.1, -0.05) is 26.2 Å². The van der Waals surface area contributed by atoms with Crippen molar-refractivity contribution < 1.29 is 14.0 Å². The first-order chi connectivity index (χ1) is 8.65. The fourth-order valence-corrected chi connectivity index (χ4v) is 3.23. The van der Waals surface area contributed by atoms with E-state index in [1.54, 1.807) is 0 Å². The Labute approximate surface area is 107 Å². The lowest BCUT2D eigenvalue weighted by atomic mass is 9.88. The van der Waals surface area contributed by atoms with Crippen molar-refractivity contribution in [1.82, 2.24) is 10.2 Å². The maximum absolute atomic E-state index is 12.7. The summed E-state index contributed by atoms with van der Waals surface area (Å²) in [6.07, 6.45) is 4.66. The van der Waals surface area contributed by atoms with Gasteiger partial charge in [-0.15, -0.1) is 0 Å². The summed E-state index contributed by atoms with van der Waals surface area (Å²) < 4.78 is 12.7. The Kier molecular flexibility index (Phi) is 3.88. The molecule has 2 amide bonds. The first kappa shape index (κ1) is 13.3. The van der Waals surface area contributed by atoms with Gasteiger partial charge in [0.15, 0.2) is 0 Å². The quantitative estimate of drug-likeness (QED) is 0.826. The molecule has 2 aliphatic rings. The Balaban J connectivity index is 2.25. The van der Waals surface area contributed by atoms with Gasteiger partial charge in [-0.05, 0) is 19.3 Å². The molecular formula is C13H21FN2O2. The minimum atomic E-state index is -0.757. The molecule has 1 aliphatic carbocycles. The summed E-state index contributed by atoms with van der Waals surface area (Å²) in [5, 5.41) is 2.84. The molecule has 1 heterocycles. The van der Waals surface area contributed by atoms with Crippen LogP contribution >= 0.6 is 0 Å². The van der Waals surface area contributed by atoms with Crippen molar-refractivity contribution in [3.63, 3.8) is 0 Å². The van der Waals surface area contributed by atoms with E-state index in [0.717, 1.165) is 19.3 Å². The van der Waals surface area contributed by atoms with Crippen LogP contribution in [0.2, 0.25) is 0 Å². The Hall–Kier alpha value is -1.13. The molecule has 1 atom stereocenters. The Bertz CT molecular complexity index is 340. The second-order valence-corrected chi connectivity index (χ2v) is 5.23. The fourth-order valence-electron chi connectivity index (χ4n) is 3.23. The van der Waals surface area contributed by atoms with Crippen LogP contribution in [0.25, 0.3) is 0 Å². The van der Waals surface area contributed by atoms with Crippen molar-refractivity contribution in [1.29, 1.82) is 0 Å². The van der Waals surface area contributed by atoms with Crippen molar-refractivity contribution >= 4 is 11.8 Å². The molecule has 1 spiro atoms. The number of alkyl halides is 1. The summed E-state index contributed by atoms with van der Waals surface area (Å²) in [6.45, 7) is 1.44. The van der Waals surface area contributed by atoms with E-state index in [2.05, 4.69) is 5.32 Å². The second kappa shape index (κ2) is 5.24. The highest BCUT2D eigenvalue weighted by molar-refractivity contribution is 6.00. The molecule has 1 saturated carbocycles. The van der Waals surface area contributed by atoms with E-state index in [4.69, 9.17) is 0 Å². The molecule has 0 aromatic rings. The third kappa shape index (κ3) is 1.99. The van der Waals surface area contributed by atoms with E-state index in [0.29, 0.717) is 19.3 Å². The van der Waals surface area contributed by atoms with Gasteiger partial charge in [-0.3, -0.25) is 9.59 Å². The first-order valence-electron chi connectivity index (χ1n) is 6.84. The summed E-state index contributed by atoms with van der Waals surface area (Å²) in [4.78, 5) is 26.2. The van der Waals surface area contributed by atoms with E-state index >= 15 is 0 Å². The van der Waals surface area contributed by atoms with Gasteiger partial charge in [0, 0.05) is 0 Å². The number of carbonyl (C=O) groups excluding carboxylic acids is 2. The van der Waals surface area contributed by atoms with Crippen LogP contribution in [-0.2, 0) is 9.59 Å². The van der Waals surface area contributed by atoms with Crippen LogP contribution in [0.3, 0.4) is 0 Å². The average Bonchev–Trinajstić information content (AvgIpc) is 2.83. The number of nitrogens with one attached hydrogen (secondary N) is 1. The lowest BCUT2D eigenvalue weighted by molar-refractivity contribution is -0.157. The van der Waals surface area contributed by atoms with Crippen molar-refractivity contribution in [2.45, 2.75) is 57.0 Å².